The number of nitrogens with zero attached hydrogens (tertiary/aromatic N) is 1. The van der Waals surface area contributed by atoms with Crippen molar-refractivity contribution in [1.82, 2.24) is 0 Å². The minimum absolute atomic E-state index is 0.0222. The van der Waals surface area contributed by atoms with Gasteiger partial charge in [0.15, 0.2) is 0 Å². The molecule has 2 heteroatoms. The van der Waals surface area contributed by atoms with E-state index in [9.17, 15) is 4.79 Å². The quantitative estimate of drug-likeness (QED) is 0.570. The van der Waals surface area contributed by atoms with E-state index < -0.39 is 0 Å². The van der Waals surface area contributed by atoms with Gasteiger partial charge in [0.25, 0.3) is 0 Å². The van der Waals surface area contributed by atoms with Crippen molar-refractivity contribution in [2.75, 3.05) is 0 Å². The highest BCUT2D eigenvalue weighted by atomic mass is 16.1. The van der Waals surface area contributed by atoms with Gasteiger partial charge >= 0.3 is 0 Å². The molecule has 0 radical (unpaired) electrons. The standard InChI is InChI=1S/C15H19NO/c1-12-7-5-6-10-14(12)15(16-11-17)13-8-3-2-4-9-13/h5-7,10,13,15H,2-4,8-9H2,1H3. The average Bonchev–Trinajstić information content (AvgIpc) is 2.38. The van der Waals surface area contributed by atoms with Crippen molar-refractivity contribution >= 4 is 6.08 Å². The zero-order valence-electron chi connectivity index (χ0n) is 10.4. The van der Waals surface area contributed by atoms with Gasteiger partial charge in [-0.15, -0.1) is 0 Å². The van der Waals surface area contributed by atoms with Gasteiger partial charge in [0.1, 0.15) is 0 Å². The smallest absolute Gasteiger partial charge is 0.211 e. The van der Waals surface area contributed by atoms with E-state index in [1.54, 1.807) is 6.08 Å². The molecule has 1 aromatic carbocycles. The number of aliphatic imine (C=N–C) groups is 1. The summed E-state index contributed by atoms with van der Waals surface area (Å²) < 4.78 is 0. The lowest BCUT2D eigenvalue weighted by Gasteiger charge is -2.27. The lowest BCUT2D eigenvalue weighted by Crippen LogP contribution is -2.15. The summed E-state index contributed by atoms with van der Waals surface area (Å²) in [5, 5.41) is 0. The van der Waals surface area contributed by atoms with Gasteiger partial charge in [-0.2, -0.15) is 4.99 Å². The Morgan fingerprint density at radius 1 is 1.24 bits per heavy atom. The van der Waals surface area contributed by atoms with E-state index in [2.05, 4.69) is 24.0 Å². The maximum atomic E-state index is 10.7. The molecule has 1 saturated carbocycles. The van der Waals surface area contributed by atoms with E-state index in [-0.39, 0.29) is 6.04 Å². The lowest BCUT2D eigenvalue weighted by atomic mass is 9.80. The Balaban J connectivity index is 2.28. The van der Waals surface area contributed by atoms with Crippen molar-refractivity contribution in [3.63, 3.8) is 0 Å². The molecule has 1 aliphatic carbocycles. The van der Waals surface area contributed by atoms with Crippen molar-refractivity contribution < 1.29 is 4.79 Å². The van der Waals surface area contributed by atoms with Crippen LogP contribution >= 0.6 is 0 Å². The van der Waals surface area contributed by atoms with Crippen LogP contribution in [0.2, 0.25) is 0 Å². The van der Waals surface area contributed by atoms with Crippen LogP contribution in [0.5, 0.6) is 0 Å². The number of rotatable bonds is 3. The Morgan fingerprint density at radius 2 is 1.94 bits per heavy atom. The van der Waals surface area contributed by atoms with Gasteiger partial charge in [0, 0.05) is 0 Å². The summed E-state index contributed by atoms with van der Waals surface area (Å²) in [7, 11) is 0. The van der Waals surface area contributed by atoms with Gasteiger partial charge in [0.2, 0.25) is 6.08 Å². The first-order chi connectivity index (χ1) is 8.33. The summed E-state index contributed by atoms with van der Waals surface area (Å²) >= 11 is 0. The number of hydrogen-bond donors (Lipinski definition) is 0. The van der Waals surface area contributed by atoms with Crippen LogP contribution in [0, 0.1) is 12.8 Å². The van der Waals surface area contributed by atoms with Crippen LogP contribution in [0.25, 0.3) is 0 Å². The Labute approximate surface area is 103 Å². The molecule has 0 aliphatic heterocycles. The molecule has 0 N–H and O–H groups in total. The van der Waals surface area contributed by atoms with E-state index in [4.69, 9.17) is 0 Å². The highest BCUT2D eigenvalue weighted by Crippen LogP contribution is 2.37. The summed E-state index contributed by atoms with van der Waals surface area (Å²) in [6.45, 7) is 2.09. The summed E-state index contributed by atoms with van der Waals surface area (Å²) in [4.78, 5) is 14.7. The monoisotopic (exact) mass is 229 g/mol. The molecular weight excluding hydrogens is 210 g/mol. The van der Waals surface area contributed by atoms with Crippen LogP contribution in [0.15, 0.2) is 29.3 Å². The number of carbonyl (C=O) groups excluding carboxylic acids is 1. The average molecular weight is 229 g/mol. The van der Waals surface area contributed by atoms with E-state index in [1.165, 1.54) is 43.2 Å². The summed E-state index contributed by atoms with van der Waals surface area (Å²) in [6.07, 6.45) is 7.99. The fourth-order valence-corrected chi connectivity index (χ4v) is 2.85. The van der Waals surface area contributed by atoms with Crippen LogP contribution in [0.3, 0.4) is 0 Å². The third-order valence-electron chi connectivity index (χ3n) is 3.80. The molecule has 2 nitrogen and oxygen atoms in total. The van der Waals surface area contributed by atoms with Crippen LogP contribution in [0.1, 0.15) is 49.3 Å². The van der Waals surface area contributed by atoms with Crippen LogP contribution in [0.4, 0.5) is 0 Å². The second-order valence-electron chi connectivity index (χ2n) is 4.92. The van der Waals surface area contributed by atoms with E-state index in [1.807, 2.05) is 12.1 Å². The molecule has 0 saturated heterocycles. The van der Waals surface area contributed by atoms with Crippen molar-refractivity contribution in [1.29, 1.82) is 0 Å². The van der Waals surface area contributed by atoms with Gasteiger partial charge in [0.05, 0.1) is 6.04 Å². The normalized spacial score (nSPS) is 18.4. The number of benzene rings is 1. The highest BCUT2D eigenvalue weighted by molar-refractivity contribution is 5.37. The first-order valence-electron chi connectivity index (χ1n) is 6.45. The Kier molecular flexibility index (Phi) is 4.11. The molecule has 1 aliphatic rings. The molecule has 1 fully saturated rings. The molecule has 1 aromatic rings. The Morgan fingerprint density at radius 3 is 2.59 bits per heavy atom. The number of isocyanates is 1. The predicted octanol–water partition coefficient (Wildman–Crippen LogP) is 3.95. The van der Waals surface area contributed by atoms with Gasteiger partial charge in [-0.3, -0.25) is 0 Å². The molecule has 2 rings (SSSR count). The van der Waals surface area contributed by atoms with E-state index >= 15 is 0 Å². The third-order valence-corrected chi connectivity index (χ3v) is 3.80. The predicted molar refractivity (Wildman–Crippen MR) is 68.6 cm³/mol. The van der Waals surface area contributed by atoms with Gasteiger partial charge in [-0.25, -0.2) is 4.79 Å². The van der Waals surface area contributed by atoms with E-state index in [0.717, 1.165) is 0 Å². The molecule has 17 heavy (non-hydrogen) atoms. The summed E-state index contributed by atoms with van der Waals surface area (Å²) in [5.41, 5.74) is 2.42. The Bertz CT molecular complexity index is 415. The number of aryl methyl sites for hydroxylation is 1. The van der Waals surface area contributed by atoms with Crippen molar-refractivity contribution in [3.05, 3.63) is 35.4 Å². The minimum atomic E-state index is 0.0222. The maximum Gasteiger partial charge on any atom is 0.235 e. The van der Waals surface area contributed by atoms with Crippen molar-refractivity contribution in [3.8, 4) is 0 Å². The first kappa shape index (κ1) is 12.1. The zero-order chi connectivity index (χ0) is 12.1. The largest absolute Gasteiger partial charge is 0.235 e. The van der Waals surface area contributed by atoms with E-state index in [0.29, 0.717) is 5.92 Å². The molecule has 0 heterocycles. The first-order valence-corrected chi connectivity index (χ1v) is 6.45. The maximum absolute atomic E-state index is 10.7. The van der Waals surface area contributed by atoms with Crippen molar-refractivity contribution in [2.24, 2.45) is 10.9 Å². The molecule has 0 amide bonds. The van der Waals surface area contributed by atoms with Crippen LogP contribution in [-0.4, -0.2) is 6.08 Å². The summed E-state index contributed by atoms with van der Waals surface area (Å²) in [5.74, 6) is 0.520. The number of hydrogen-bond acceptors (Lipinski definition) is 2. The molecule has 0 aromatic heterocycles. The Hall–Kier alpha value is -1.40. The minimum Gasteiger partial charge on any atom is -0.211 e. The van der Waals surface area contributed by atoms with Gasteiger partial charge < -0.3 is 0 Å². The van der Waals surface area contributed by atoms with Crippen molar-refractivity contribution in [2.45, 2.75) is 45.1 Å². The fourth-order valence-electron chi connectivity index (χ4n) is 2.85. The second kappa shape index (κ2) is 5.79. The van der Waals surface area contributed by atoms with Crippen LogP contribution < -0.4 is 0 Å². The topological polar surface area (TPSA) is 29.4 Å². The molecule has 1 atom stereocenters. The molecule has 1 unspecified atom stereocenters. The fraction of sp³-hybridized carbons (Fsp3) is 0.533. The second-order valence-corrected chi connectivity index (χ2v) is 4.92. The van der Waals surface area contributed by atoms with Gasteiger partial charge in [-0.1, -0.05) is 43.5 Å². The summed E-state index contributed by atoms with van der Waals surface area (Å²) in [6, 6.07) is 8.26. The lowest BCUT2D eigenvalue weighted by molar-refractivity contribution is 0.308. The zero-order valence-corrected chi connectivity index (χ0v) is 10.4. The van der Waals surface area contributed by atoms with Crippen LogP contribution in [-0.2, 0) is 4.79 Å². The third kappa shape index (κ3) is 2.83. The molecule has 0 bridgehead atoms. The van der Waals surface area contributed by atoms with Gasteiger partial charge in [-0.05, 0) is 36.8 Å². The highest BCUT2D eigenvalue weighted by Gasteiger charge is 2.25. The molecule has 0 spiro atoms. The molecule has 90 valence electrons. The molecular formula is C15H19NO. The SMILES string of the molecule is Cc1ccccc1C(N=C=O)C1CCCCC1.